The van der Waals surface area contributed by atoms with Gasteiger partial charge in [-0.3, -0.25) is 4.99 Å². The first kappa shape index (κ1) is 27.9. The van der Waals surface area contributed by atoms with Crippen molar-refractivity contribution in [2.45, 2.75) is 58.5 Å². The zero-order chi connectivity index (χ0) is 21.4. The molecule has 1 atom stereocenters. The van der Waals surface area contributed by atoms with Gasteiger partial charge in [0, 0.05) is 13.1 Å². The number of guanidine groups is 1. The molecule has 0 spiro atoms. The van der Waals surface area contributed by atoms with Crippen molar-refractivity contribution in [2.24, 2.45) is 4.99 Å². The van der Waals surface area contributed by atoms with Crippen LogP contribution in [0.25, 0.3) is 0 Å². The summed E-state index contributed by atoms with van der Waals surface area (Å²) in [4.78, 5) is 4.37. The Hall–Kier alpha value is -1.07. The molecular formula is C20H36IN3O4S. The molecule has 0 bridgehead atoms. The van der Waals surface area contributed by atoms with E-state index in [0.29, 0.717) is 23.8 Å². The van der Waals surface area contributed by atoms with E-state index in [-0.39, 0.29) is 48.9 Å². The van der Waals surface area contributed by atoms with Crippen molar-refractivity contribution in [3.8, 4) is 5.75 Å². The van der Waals surface area contributed by atoms with Crippen LogP contribution in [0.5, 0.6) is 5.75 Å². The molecular weight excluding hydrogens is 505 g/mol. The number of nitrogens with one attached hydrogen (secondary N) is 2. The van der Waals surface area contributed by atoms with Crippen molar-refractivity contribution in [3.63, 3.8) is 0 Å². The lowest BCUT2D eigenvalue weighted by molar-refractivity contribution is 0.185. The maximum atomic E-state index is 12.2. The zero-order valence-electron chi connectivity index (χ0n) is 18.2. The van der Waals surface area contributed by atoms with Crippen molar-refractivity contribution >= 4 is 39.8 Å². The van der Waals surface area contributed by atoms with Crippen LogP contribution in [0.2, 0.25) is 0 Å². The fourth-order valence-electron chi connectivity index (χ4n) is 2.30. The van der Waals surface area contributed by atoms with E-state index in [9.17, 15) is 13.5 Å². The van der Waals surface area contributed by atoms with E-state index in [4.69, 9.17) is 4.74 Å². The quantitative estimate of drug-likeness (QED) is 0.253. The fraction of sp³-hybridized carbons (Fsp3) is 0.650. The van der Waals surface area contributed by atoms with Gasteiger partial charge in [0.1, 0.15) is 5.75 Å². The minimum absolute atomic E-state index is 0. The number of halogens is 1. The topological polar surface area (TPSA) is 100 Å². The number of aliphatic imine (C=N–C) groups is 1. The van der Waals surface area contributed by atoms with Gasteiger partial charge in [-0.1, -0.05) is 12.1 Å². The average molecular weight is 541 g/mol. The number of hydrogen-bond acceptors (Lipinski definition) is 5. The van der Waals surface area contributed by atoms with E-state index in [2.05, 4.69) is 15.6 Å². The van der Waals surface area contributed by atoms with Gasteiger partial charge in [0.15, 0.2) is 15.8 Å². The van der Waals surface area contributed by atoms with Gasteiger partial charge in [-0.05, 0) is 59.2 Å². The maximum Gasteiger partial charge on any atom is 0.191 e. The van der Waals surface area contributed by atoms with E-state index in [0.717, 1.165) is 0 Å². The van der Waals surface area contributed by atoms with Gasteiger partial charge >= 0.3 is 0 Å². The number of nitrogens with zero attached hydrogens (tertiary/aromatic N) is 1. The van der Waals surface area contributed by atoms with Gasteiger partial charge in [-0.2, -0.15) is 0 Å². The van der Waals surface area contributed by atoms with Gasteiger partial charge in [-0.15, -0.1) is 24.0 Å². The van der Waals surface area contributed by atoms with Gasteiger partial charge in [0.05, 0.1) is 29.3 Å². The minimum atomic E-state index is -3.21. The van der Waals surface area contributed by atoms with Crippen LogP contribution >= 0.6 is 24.0 Å². The molecule has 1 rings (SSSR count). The summed E-state index contributed by atoms with van der Waals surface area (Å²) >= 11 is 0. The third-order valence-electron chi connectivity index (χ3n) is 3.98. The standard InChI is InChI=1S/C20H35N3O4S.HI/c1-7-21-19(22-11-12-28(25,26)20(4,5)6)23-14-18(24)16-9-8-10-17(13-16)27-15(2)3;/h8-10,13,15,18,24H,7,11-12,14H2,1-6H3,(H2,21,22,23);1H. The molecule has 168 valence electrons. The number of ether oxygens (including phenoxy) is 1. The van der Waals surface area contributed by atoms with Gasteiger partial charge in [0.25, 0.3) is 0 Å². The summed E-state index contributed by atoms with van der Waals surface area (Å²) in [6.07, 6.45) is -0.733. The Morgan fingerprint density at radius 2 is 1.90 bits per heavy atom. The number of aliphatic hydroxyl groups is 1. The van der Waals surface area contributed by atoms with E-state index >= 15 is 0 Å². The van der Waals surface area contributed by atoms with Crippen LogP contribution in [0.4, 0.5) is 0 Å². The highest BCUT2D eigenvalue weighted by Gasteiger charge is 2.28. The van der Waals surface area contributed by atoms with Crippen molar-refractivity contribution in [3.05, 3.63) is 29.8 Å². The van der Waals surface area contributed by atoms with E-state index in [1.165, 1.54) is 0 Å². The summed E-state index contributed by atoms with van der Waals surface area (Å²) in [5.41, 5.74) is 0.716. The molecule has 9 heteroatoms. The Kier molecular flexibility index (Phi) is 12.1. The molecule has 0 saturated heterocycles. The van der Waals surface area contributed by atoms with Crippen LogP contribution < -0.4 is 15.4 Å². The molecule has 29 heavy (non-hydrogen) atoms. The third kappa shape index (κ3) is 9.99. The molecule has 0 aliphatic rings. The Morgan fingerprint density at radius 1 is 1.24 bits per heavy atom. The number of sulfone groups is 1. The van der Waals surface area contributed by atoms with Crippen LogP contribution in [0.15, 0.2) is 29.3 Å². The Labute approximate surface area is 192 Å². The first-order valence-electron chi connectivity index (χ1n) is 9.65. The lowest BCUT2D eigenvalue weighted by Gasteiger charge is -2.20. The first-order valence-corrected chi connectivity index (χ1v) is 11.3. The lowest BCUT2D eigenvalue weighted by Crippen LogP contribution is -2.42. The second-order valence-corrected chi connectivity index (χ2v) is 10.7. The first-order chi connectivity index (χ1) is 13.0. The van der Waals surface area contributed by atoms with Crippen molar-refractivity contribution < 1.29 is 18.3 Å². The second kappa shape index (κ2) is 12.6. The highest BCUT2D eigenvalue weighted by atomic mass is 127. The van der Waals surface area contributed by atoms with Crippen LogP contribution in [-0.2, 0) is 9.84 Å². The third-order valence-corrected chi connectivity index (χ3v) is 6.59. The lowest BCUT2D eigenvalue weighted by atomic mass is 10.1. The molecule has 7 nitrogen and oxygen atoms in total. The predicted octanol–water partition coefficient (Wildman–Crippen LogP) is 2.89. The molecule has 1 unspecified atom stereocenters. The molecule has 0 aliphatic heterocycles. The predicted molar refractivity (Wildman–Crippen MR) is 130 cm³/mol. The Balaban J connectivity index is 0.00000784. The van der Waals surface area contributed by atoms with Gasteiger partial charge in [-0.25, -0.2) is 8.42 Å². The summed E-state index contributed by atoms with van der Waals surface area (Å²) in [6.45, 7) is 11.9. The van der Waals surface area contributed by atoms with Crippen LogP contribution in [-0.4, -0.2) is 55.7 Å². The number of hydrogen-bond donors (Lipinski definition) is 3. The molecule has 1 aromatic rings. The molecule has 0 saturated carbocycles. The monoisotopic (exact) mass is 541 g/mol. The zero-order valence-corrected chi connectivity index (χ0v) is 21.4. The summed E-state index contributed by atoms with van der Waals surface area (Å²) in [5, 5.41) is 16.5. The highest BCUT2D eigenvalue weighted by molar-refractivity contribution is 14.0. The van der Waals surface area contributed by atoms with Crippen LogP contribution in [0.3, 0.4) is 0 Å². The fourth-order valence-corrected chi connectivity index (χ4v) is 3.29. The maximum absolute atomic E-state index is 12.2. The molecule has 0 fully saturated rings. The smallest absolute Gasteiger partial charge is 0.191 e. The Bertz CT molecular complexity index is 746. The molecule has 0 heterocycles. The van der Waals surface area contributed by atoms with E-state index < -0.39 is 20.7 Å². The number of benzene rings is 1. The van der Waals surface area contributed by atoms with E-state index in [1.807, 2.05) is 39.0 Å². The summed E-state index contributed by atoms with van der Waals surface area (Å²) < 4.78 is 29.3. The Morgan fingerprint density at radius 3 is 2.45 bits per heavy atom. The molecule has 0 amide bonds. The van der Waals surface area contributed by atoms with Crippen molar-refractivity contribution in [2.75, 3.05) is 25.4 Å². The molecule has 0 aromatic heterocycles. The second-order valence-electron chi connectivity index (χ2n) is 7.83. The SMILES string of the molecule is CCNC(=NCC(O)c1cccc(OC(C)C)c1)NCCS(=O)(=O)C(C)(C)C.I. The molecule has 3 N–H and O–H groups in total. The summed E-state index contributed by atoms with van der Waals surface area (Å²) in [6, 6.07) is 7.31. The van der Waals surface area contributed by atoms with Crippen LogP contribution in [0, 0.1) is 0 Å². The molecule has 0 aliphatic carbocycles. The summed E-state index contributed by atoms with van der Waals surface area (Å²) in [5.74, 6) is 1.19. The van der Waals surface area contributed by atoms with Crippen molar-refractivity contribution in [1.29, 1.82) is 0 Å². The summed E-state index contributed by atoms with van der Waals surface area (Å²) in [7, 11) is -3.21. The van der Waals surface area contributed by atoms with E-state index in [1.54, 1.807) is 26.8 Å². The minimum Gasteiger partial charge on any atom is -0.491 e. The largest absolute Gasteiger partial charge is 0.491 e. The van der Waals surface area contributed by atoms with Crippen molar-refractivity contribution in [1.82, 2.24) is 10.6 Å². The molecule has 0 radical (unpaired) electrons. The molecule has 1 aromatic carbocycles. The van der Waals surface area contributed by atoms with Gasteiger partial charge < -0.3 is 20.5 Å². The highest BCUT2D eigenvalue weighted by Crippen LogP contribution is 2.20. The van der Waals surface area contributed by atoms with Crippen LogP contribution in [0.1, 0.15) is 53.2 Å². The number of aliphatic hydroxyl groups excluding tert-OH is 1. The average Bonchev–Trinajstić information content (AvgIpc) is 2.58. The normalized spacial score (nSPS) is 13.6. The van der Waals surface area contributed by atoms with Gasteiger partial charge in [0.2, 0.25) is 0 Å². The number of rotatable bonds is 9.